The van der Waals surface area contributed by atoms with E-state index in [-0.39, 0.29) is 29.8 Å². The second kappa shape index (κ2) is 8.51. The van der Waals surface area contributed by atoms with Crippen molar-refractivity contribution in [1.82, 2.24) is 15.0 Å². The second-order valence-corrected chi connectivity index (χ2v) is 7.83. The molecule has 160 valence electrons. The first-order valence-corrected chi connectivity index (χ1v) is 10.2. The molecule has 1 aromatic heterocycles. The van der Waals surface area contributed by atoms with Gasteiger partial charge in [0, 0.05) is 25.2 Å². The molecule has 1 aromatic carbocycles. The fourth-order valence-corrected chi connectivity index (χ4v) is 4.31. The zero-order valence-electron chi connectivity index (χ0n) is 16.4. The van der Waals surface area contributed by atoms with Crippen LogP contribution in [0.15, 0.2) is 28.8 Å². The Hall–Kier alpha value is -2.81. The van der Waals surface area contributed by atoms with Crippen molar-refractivity contribution in [2.45, 2.75) is 44.6 Å². The van der Waals surface area contributed by atoms with Crippen molar-refractivity contribution in [2.75, 3.05) is 13.1 Å². The fourth-order valence-electron chi connectivity index (χ4n) is 4.31. The molecule has 4 rings (SSSR count). The highest BCUT2D eigenvalue weighted by Gasteiger charge is 2.38. The quantitative estimate of drug-likeness (QED) is 0.795. The smallest absolute Gasteiger partial charge is 0.324 e. The van der Waals surface area contributed by atoms with E-state index in [1.807, 2.05) is 0 Å². The molecule has 7 nitrogen and oxygen atoms in total. The molecule has 2 aliphatic rings. The number of carboxylic acids is 1. The van der Waals surface area contributed by atoms with Crippen LogP contribution >= 0.6 is 0 Å². The minimum absolute atomic E-state index is 0.0132. The van der Waals surface area contributed by atoms with Crippen molar-refractivity contribution in [3.8, 4) is 11.3 Å². The molecule has 2 aromatic rings. The van der Waals surface area contributed by atoms with Gasteiger partial charge in [0.2, 0.25) is 0 Å². The van der Waals surface area contributed by atoms with Crippen LogP contribution in [0.2, 0.25) is 0 Å². The summed E-state index contributed by atoms with van der Waals surface area (Å²) in [5, 5.41) is 12.8. The molecular formula is C21H23F2N3O4. The average Bonchev–Trinajstić information content (AvgIpc) is 3.41. The molecule has 2 heterocycles. The number of carboxylic acid groups (broad SMARTS) is 1. The molecule has 0 bridgehead atoms. The minimum atomic E-state index is -0.872. The second-order valence-electron chi connectivity index (χ2n) is 7.83. The number of aliphatic carboxylic acids is 1. The summed E-state index contributed by atoms with van der Waals surface area (Å²) >= 11 is 0. The van der Waals surface area contributed by atoms with Crippen LogP contribution in [0.4, 0.5) is 8.78 Å². The number of halogens is 2. The third-order valence-corrected chi connectivity index (χ3v) is 5.82. The molecule has 0 radical (unpaired) electrons. The Bertz CT molecular complexity index is 942. The zero-order valence-corrected chi connectivity index (χ0v) is 16.4. The van der Waals surface area contributed by atoms with E-state index in [4.69, 9.17) is 4.42 Å². The topological polar surface area (TPSA) is 86.9 Å². The highest BCUT2D eigenvalue weighted by atomic mass is 19.1. The van der Waals surface area contributed by atoms with E-state index >= 15 is 0 Å². The van der Waals surface area contributed by atoms with Crippen LogP contribution in [0.1, 0.15) is 49.2 Å². The Morgan fingerprint density at radius 3 is 2.63 bits per heavy atom. The molecule has 1 amide bonds. The molecule has 1 saturated heterocycles. The Kier molecular flexibility index (Phi) is 5.80. The zero-order chi connectivity index (χ0) is 21.3. The highest BCUT2D eigenvalue weighted by molar-refractivity contribution is 5.90. The van der Waals surface area contributed by atoms with Crippen LogP contribution in [0.25, 0.3) is 11.3 Å². The van der Waals surface area contributed by atoms with Crippen molar-refractivity contribution >= 4 is 11.9 Å². The number of benzene rings is 1. The van der Waals surface area contributed by atoms with Gasteiger partial charge in [0.1, 0.15) is 11.6 Å². The third-order valence-electron chi connectivity index (χ3n) is 5.82. The number of aromatic nitrogens is 1. The maximum absolute atomic E-state index is 14.1. The molecule has 0 spiro atoms. The van der Waals surface area contributed by atoms with Gasteiger partial charge in [-0.3, -0.25) is 14.6 Å². The first-order chi connectivity index (χ1) is 14.4. The molecule has 9 heteroatoms. The van der Waals surface area contributed by atoms with Crippen molar-refractivity contribution in [3.63, 3.8) is 0 Å². The van der Waals surface area contributed by atoms with E-state index in [1.54, 1.807) is 10.0 Å². The Morgan fingerprint density at radius 2 is 1.93 bits per heavy atom. The Labute approximate surface area is 172 Å². The summed E-state index contributed by atoms with van der Waals surface area (Å²) in [6.45, 7) is 0.823. The lowest BCUT2D eigenvalue weighted by atomic mass is 9.99. The van der Waals surface area contributed by atoms with Crippen LogP contribution in [0.5, 0.6) is 0 Å². The number of nitrogens with zero attached hydrogens (tertiary/aromatic N) is 3. The first-order valence-electron chi connectivity index (χ1n) is 10.2. The van der Waals surface area contributed by atoms with Gasteiger partial charge in [0.15, 0.2) is 5.76 Å². The molecule has 1 N–H and O–H groups in total. The van der Waals surface area contributed by atoms with Crippen LogP contribution in [0, 0.1) is 17.6 Å². The normalized spacial score (nSPS) is 20.4. The number of hydrogen-bond acceptors (Lipinski definition) is 5. The number of hydrogen-bond donors (Lipinski definition) is 1. The summed E-state index contributed by atoms with van der Waals surface area (Å²) in [6.07, 6.45) is 6.11. The summed E-state index contributed by atoms with van der Waals surface area (Å²) in [7, 11) is 0. The number of rotatable bonds is 5. The summed E-state index contributed by atoms with van der Waals surface area (Å²) in [6, 6.07) is 3.02. The summed E-state index contributed by atoms with van der Waals surface area (Å²) in [5.74, 6) is -3.56. The van der Waals surface area contributed by atoms with E-state index < -0.39 is 29.4 Å². The monoisotopic (exact) mass is 419 g/mol. The number of carbonyl (C=O) groups excluding carboxylic acids is 1. The predicted octanol–water partition coefficient (Wildman–Crippen LogP) is 3.72. The largest absolute Gasteiger partial charge is 0.481 e. The first kappa shape index (κ1) is 20.5. The third kappa shape index (κ3) is 4.07. The van der Waals surface area contributed by atoms with E-state index in [1.165, 1.54) is 12.3 Å². The van der Waals surface area contributed by atoms with Crippen LogP contribution in [-0.4, -0.2) is 51.1 Å². The van der Waals surface area contributed by atoms with E-state index in [0.717, 1.165) is 37.8 Å². The fraction of sp³-hybridized carbons (Fsp3) is 0.476. The van der Waals surface area contributed by atoms with Crippen LogP contribution in [0.3, 0.4) is 0 Å². The van der Waals surface area contributed by atoms with Gasteiger partial charge in [-0.25, -0.2) is 18.8 Å². The maximum Gasteiger partial charge on any atom is 0.324 e. The molecule has 2 fully saturated rings. The standard InChI is InChI=1S/C21H23F2N3O4/c22-14-7-8-16(17(23)10-14)18-11-24-19(30-18)20(27)26(15-5-1-2-6-15)25-9-3-4-13(12-25)21(28)29/h7-8,10-11,13,15H,1-6,9,12H2,(H,28,29)/t13-/m0/s1. The van der Waals surface area contributed by atoms with Crippen molar-refractivity contribution in [3.05, 3.63) is 41.9 Å². The molecule has 30 heavy (non-hydrogen) atoms. The van der Waals surface area contributed by atoms with Crippen molar-refractivity contribution in [2.24, 2.45) is 5.92 Å². The lowest BCUT2D eigenvalue weighted by Gasteiger charge is -2.41. The van der Waals surface area contributed by atoms with Crippen molar-refractivity contribution < 1.29 is 27.9 Å². The molecule has 0 unspecified atom stereocenters. The molecule has 1 atom stereocenters. The Morgan fingerprint density at radius 1 is 1.17 bits per heavy atom. The van der Waals surface area contributed by atoms with Crippen LogP contribution in [-0.2, 0) is 4.79 Å². The summed E-state index contributed by atoms with van der Waals surface area (Å²) < 4.78 is 32.8. The van der Waals surface area contributed by atoms with E-state index in [2.05, 4.69) is 4.98 Å². The predicted molar refractivity (Wildman–Crippen MR) is 102 cm³/mol. The lowest BCUT2D eigenvalue weighted by molar-refractivity contribution is -0.147. The molecule has 1 aliphatic carbocycles. The van der Waals surface area contributed by atoms with Crippen LogP contribution < -0.4 is 0 Å². The number of amides is 1. The summed E-state index contributed by atoms with van der Waals surface area (Å²) in [4.78, 5) is 28.8. The number of oxazole rings is 1. The van der Waals surface area contributed by atoms with E-state index in [0.29, 0.717) is 19.4 Å². The van der Waals surface area contributed by atoms with Gasteiger partial charge < -0.3 is 9.52 Å². The lowest BCUT2D eigenvalue weighted by Crippen LogP contribution is -2.55. The van der Waals surface area contributed by atoms with Gasteiger partial charge in [-0.2, -0.15) is 0 Å². The Balaban J connectivity index is 1.61. The SMILES string of the molecule is O=C(O)[C@H]1CCCN(N(C(=O)c2ncc(-c3ccc(F)cc3F)o2)C2CCCC2)C1. The average molecular weight is 419 g/mol. The van der Waals surface area contributed by atoms with Gasteiger partial charge in [-0.1, -0.05) is 12.8 Å². The summed E-state index contributed by atoms with van der Waals surface area (Å²) in [5.41, 5.74) is 0.0132. The van der Waals surface area contributed by atoms with Gasteiger partial charge in [-0.15, -0.1) is 0 Å². The number of piperidine rings is 1. The minimum Gasteiger partial charge on any atom is -0.481 e. The van der Waals surface area contributed by atoms with E-state index in [9.17, 15) is 23.5 Å². The van der Waals surface area contributed by atoms with Gasteiger partial charge in [0.25, 0.3) is 5.89 Å². The van der Waals surface area contributed by atoms with Gasteiger partial charge in [0.05, 0.1) is 17.7 Å². The highest BCUT2D eigenvalue weighted by Crippen LogP contribution is 2.30. The molecule has 1 saturated carbocycles. The van der Waals surface area contributed by atoms with Gasteiger partial charge in [-0.05, 0) is 37.8 Å². The molecular weight excluding hydrogens is 396 g/mol. The number of carbonyl (C=O) groups is 2. The van der Waals surface area contributed by atoms with Gasteiger partial charge >= 0.3 is 11.9 Å². The maximum atomic E-state index is 14.1. The number of hydrazine groups is 1. The van der Waals surface area contributed by atoms with Crippen molar-refractivity contribution in [1.29, 1.82) is 0 Å². The molecule has 1 aliphatic heterocycles.